The van der Waals surface area contributed by atoms with E-state index in [2.05, 4.69) is 10.3 Å². The highest BCUT2D eigenvalue weighted by Crippen LogP contribution is 2.28. The number of carboxylic acids is 1. The van der Waals surface area contributed by atoms with Gasteiger partial charge in [-0.1, -0.05) is 30.7 Å². The highest BCUT2D eigenvalue weighted by molar-refractivity contribution is 6.30. The molecule has 1 heterocycles. The normalized spacial score (nSPS) is 13.1. The number of aryl methyl sites for hydroxylation is 1. The van der Waals surface area contributed by atoms with Gasteiger partial charge in [-0.2, -0.15) is 0 Å². The second-order valence-corrected chi connectivity index (χ2v) is 6.64. The Bertz CT molecular complexity index is 870. The summed E-state index contributed by atoms with van der Waals surface area (Å²) in [5.41, 5.74) is 0.504. The van der Waals surface area contributed by atoms with Crippen molar-refractivity contribution in [3.8, 4) is 0 Å². The Morgan fingerprint density at radius 1 is 1.19 bits per heavy atom. The molecule has 0 saturated heterocycles. The van der Waals surface area contributed by atoms with Gasteiger partial charge in [0.25, 0.3) is 5.91 Å². The van der Waals surface area contributed by atoms with Gasteiger partial charge in [-0.3, -0.25) is 9.59 Å². The number of aliphatic carboxylic acids is 1. The Hall–Kier alpha value is -2.60. The number of Topliss-reactive ketones (excluding diaryl/α,β-unsaturated/α-hetero) is 1. The van der Waals surface area contributed by atoms with Crippen molar-refractivity contribution in [2.45, 2.75) is 39.7 Å². The molecule has 6 nitrogen and oxygen atoms in total. The lowest BCUT2D eigenvalue weighted by Crippen LogP contribution is -2.51. The van der Waals surface area contributed by atoms with E-state index in [1.807, 2.05) is 0 Å². The highest BCUT2D eigenvalue weighted by Gasteiger charge is 2.41. The first-order chi connectivity index (χ1) is 12.1. The third kappa shape index (κ3) is 3.37. The van der Waals surface area contributed by atoms with E-state index < -0.39 is 17.4 Å². The van der Waals surface area contributed by atoms with Crippen LogP contribution in [-0.4, -0.2) is 27.8 Å². The smallest absolute Gasteiger partial charge is 0.334 e. The monoisotopic (exact) mass is 376 g/mol. The average Bonchev–Trinajstić information content (AvgIpc) is 2.87. The molecule has 0 aliphatic carbocycles. The van der Waals surface area contributed by atoms with E-state index in [1.165, 1.54) is 6.92 Å². The number of amides is 1. The molecular weight excluding hydrogens is 356 g/mol. The van der Waals surface area contributed by atoms with E-state index in [0.29, 0.717) is 27.4 Å². The average molecular weight is 377 g/mol. The van der Waals surface area contributed by atoms with Gasteiger partial charge < -0.3 is 15.4 Å². The maximum absolute atomic E-state index is 12.8. The first-order valence-electron chi connectivity index (χ1n) is 8.16. The Balaban J connectivity index is 2.49. The van der Waals surface area contributed by atoms with E-state index in [0.717, 1.165) is 0 Å². The van der Waals surface area contributed by atoms with E-state index in [-0.39, 0.29) is 17.9 Å². The van der Waals surface area contributed by atoms with Crippen molar-refractivity contribution in [1.29, 1.82) is 0 Å². The summed E-state index contributed by atoms with van der Waals surface area (Å²) in [7, 11) is 0. The van der Waals surface area contributed by atoms with Crippen LogP contribution >= 0.6 is 11.6 Å². The molecule has 1 amide bonds. The molecule has 0 spiro atoms. The standard InChI is InChI=1S/C19H21ClN2O4/c1-5-19(18(25)26,13-6-8-14(20)9-7-13)22-17(24)16-10(2)15(12(4)23)11(3)21-16/h6-9,21H,5H2,1-4H3,(H,22,24)(H,25,26). The minimum atomic E-state index is -1.61. The summed E-state index contributed by atoms with van der Waals surface area (Å²) in [6.07, 6.45) is 0.133. The molecule has 0 aliphatic rings. The summed E-state index contributed by atoms with van der Waals surface area (Å²) in [6.45, 7) is 6.46. The molecule has 7 heteroatoms. The molecule has 1 aromatic carbocycles. The van der Waals surface area contributed by atoms with Gasteiger partial charge in [-0.05, 0) is 50.5 Å². The molecule has 1 unspecified atom stereocenters. The fourth-order valence-corrected chi connectivity index (χ4v) is 3.31. The number of aromatic amines is 1. The molecule has 1 atom stereocenters. The predicted molar refractivity (Wildman–Crippen MR) is 98.8 cm³/mol. The lowest BCUT2D eigenvalue weighted by molar-refractivity contribution is -0.145. The Labute approximate surface area is 156 Å². The number of hydrogen-bond acceptors (Lipinski definition) is 3. The summed E-state index contributed by atoms with van der Waals surface area (Å²) in [5, 5.41) is 12.9. The number of hydrogen-bond donors (Lipinski definition) is 3. The van der Waals surface area contributed by atoms with Crippen molar-refractivity contribution in [2.24, 2.45) is 0 Å². The van der Waals surface area contributed by atoms with Crippen molar-refractivity contribution >= 4 is 29.3 Å². The number of carboxylic acid groups (broad SMARTS) is 1. The zero-order valence-corrected chi connectivity index (χ0v) is 15.8. The molecule has 0 bridgehead atoms. The van der Waals surface area contributed by atoms with Gasteiger partial charge in [-0.15, -0.1) is 0 Å². The summed E-state index contributed by atoms with van der Waals surface area (Å²) < 4.78 is 0. The topological polar surface area (TPSA) is 99.3 Å². The van der Waals surface area contributed by atoms with E-state index in [9.17, 15) is 19.5 Å². The van der Waals surface area contributed by atoms with E-state index in [4.69, 9.17) is 11.6 Å². The molecule has 0 saturated carbocycles. The second kappa shape index (κ2) is 7.33. The third-order valence-electron chi connectivity index (χ3n) is 4.58. The van der Waals surface area contributed by atoms with Gasteiger partial charge >= 0.3 is 5.97 Å². The molecule has 138 valence electrons. The fourth-order valence-electron chi connectivity index (χ4n) is 3.19. The predicted octanol–water partition coefficient (Wildman–Crippen LogP) is 3.61. The van der Waals surface area contributed by atoms with Gasteiger partial charge in [0.1, 0.15) is 5.69 Å². The van der Waals surface area contributed by atoms with Crippen molar-refractivity contribution < 1.29 is 19.5 Å². The Morgan fingerprint density at radius 2 is 1.77 bits per heavy atom. The molecule has 1 aromatic heterocycles. The number of H-pyrrole nitrogens is 1. The summed E-state index contributed by atoms with van der Waals surface area (Å²) in [5.74, 6) is -1.92. The van der Waals surface area contributed by atoms with Crippen LogP contribution in [0.15, 0.2) is 24.3 Å². The lowest BCUT2D eigenvalue weighted by atomic mass is 9.87. The minimum Gasteiger partial charge on any atom is -0.479 e. The lowest BCUT2D eigenvalue weighted by Gasteiger charge is -2.30. The molecule has 3 N–H and O–H groups in total. The number of rotatable bonds is 6. The molecular formula is C19H21ClN2O4. The Morgan fingerprint density at radius 3 is 2.19 bits per heavy atom. The molecule has 2 aromatic rings. The summed E-state index contributed by atoms with van der Waals surface area (Å²) >= 11 is 5.89. The van der Waals surface area contributed by atoms with Crippen LogP contribution in [-0.2, 0) is 10.3 Å². The number of nitrogens with one attached hydrogen (secondary N) is 2. The maximum Gasteiger partial charge on any atom is 0.334 e. The van der Waals surface area contributed by atoms with Crippen LogP contribution in [0.5, 0.6) is 0 Å². The Kier molecular flexibility index (Phi) is 5.56. The van der Waals surface area contributed by atoms with E-state index >= 15 is 0 Å². The van der Waals surface area contributed by atoms with Crippen LogP contribution in [0.25, 0.3) is 0 Å². The van der Waals surface area contributed by atoms with Crippen LogP contribution in [0, 0.1) is 13.8 Å². The largest absolute Gasteiger partial charge is 0.479 e. The second-order valence-electron chi connectivity index (χ2n) is 6.21. The minimum absolute atomic E-state index is 0.133. The van der Waals surface area contributed by atoms with Crippen molar-refractivity contribution in [1.82, 2.24) is 10.3 Å². The van der Waals surface area contributed by atoms with Gasteiger partial charge in [-0.25, -0.2) is 4.79 Å². The fraction of sp³-hybridized carbons (Fsp3) is 0.316. The quantitative estimate of drug-likeness (QED) is 0.670. The number of aromatic nitrogens is 1. The number of carbonyl (C=O) groups is 3. The van der Waals surface area contributed by atoms with Gasteiger partial charge in [0, 0.05) is 16.3 Å². The molecule has 0 fully saturated rings. The maximum atomic E-state index is 12.8. The number of halogens is 1. The summed E-state index contributed by atoms with van der Waals surface area (Å²) in [4.78, 5) is 39.5. The van der Waals surface area contributed by atoms with Crippen LogP contribution in [0.3, 0.4) is 0 Å². The SMILES string of the molecule is CCC(NC(=O)c1[nH]c(C)c(C(C)=O)c1C)(C(=O)O)c1ccc(Cl)cc1. The first kappa shape index (κ1) is 19.7. The van der Waals surface area contributed by atoms with Crippen LogP contribution in [0.2, 0.25) is 5.02 Å². The summed E-state index contributed by atoms with van der Waals surface area (Å²) in [6, 6.07) is 6.31. The van der Waals surface area contributed by atoms with Crippen LogP contribution < -0.4 is 5.32 Å². The third-order valence-corrected chi connectivity index (χ3v) is 4.83. The van der Waals surface area contributed by atoms with Crippen LogP contribution in [0.1, 0.15) is 57.9 Å². The highest BCUT2D eigenvalue weighted by atomic mass is 35.5. The zero-order valence-electron chi connectivity index (χ0n) is 15.1. The van der Waals surface area contributed by atoms with Crippen molar-refractivity contribution in [3.63, 3.8) is 0 Å². The van der Waals surface area contributed by atoms with Gasteiger partial charge in [0.15, 0.2) is 11.3 Å². The van der Waals surface area contributed by atoms with Crippen molar-refractivity contribution in [3.05, 3.63) is 57.4 Å². The molecule has 0 aliphatic heterocycles. The van der Waals surface area contributed by atoms with Gasteiger partial charge in [0.05, 0.1) is 0 Å². The molecule has 0 radical (unpaired) electrons. The van der Waals surface area contributed by atoms with Crippen molar-refractivity contribution in [2.75, 3.05) is 0 Å². The number of benzene rings is 1. The first-order valence-corrected chi connectivity index (χ1v) is 8.53. The molecule has 2 rings (SSSR count). The number of carbonyl (C=O) groups excluding carboxylic acids is 2. The molecule has 26 heavy (non-hydrogen) atoms. The van der Waals surface area contributed by atoms with Crippen LogP contribution in [0.4, 0.5) is 0 Å². The zero-order chi connectivity index (χ0) is 19.6. The van der Waals surface area contributed by atoms with E-state index in [1.54, 1.807) is 45.0 Å². The number of ketones is 1. The van der Waals surface area contributed by atoms with Gasteiger partial charge in [0.2, 0.25) is 0 Å².